The summed E-state index contributed by atoms with van der Waals surface area (Å²) in [6, 6.07) is 10.4. The van der Waals surface area contributed by atoms with E-state index in [-0.39, 0.29) is 37.5 Å². The van der Waals surface area contributed by atoms with Crippen LogP contribution >= 0.6 is 0 Å². The normalized spacial score (nSPS) is 15.1. The van der Waals surface area contributed by atoms with E-state index >= 15 is 0 Å². The van der Waals surface area contributed by atoms with E-state index in [0.29, 0.717) is 28.6 Å². The summed E-state index contributed by atoms with van der Waals surface area (Å²) in [7, 11) is 0. The van der Waals surface area contributed by atoms with Gasteiger partial charge in [0.2, 0.25) is 5.91 Å². The van der Waals surface area contributed by atoms with Gasteiger partial charge in [0.15, 0.2) is 13.2 Å². The van der Waals surface area contributed by atoms with Crippen molar-refractivity contribution in [3.8, 4) is 11.5 Å². The number of benzene rings is 2. The van der Waals surface area contributed by atoms with Gasteiger partial charge >= 0.3 is 0 Å². The second-order valence-electron chi connectivity index (χ2n) is 6.34. The van der Waals surface area contributed by atoms with Crippen LogP contribution in [0.1, 0.15) is 5.56 Å². The van der Waals surface area contributed by atoms with Crippen molar-refractivity contribution in [1.82, 2.24) is 0 Å². The van der Waals surface area contributed by atoms with E-state index in [1.165, 1.54) is 4.90 Å². The molecule has 2 heterocycles. The molecule has 0 atom stereocenters. The second kappa shape index (κ2) is 6.64. The lowest BCUT2D eigenvalue weighted by Gasteiger charge is -2.29. The number of nitrogens with one attached hydrogen (secondary N) is 2. The number of carbonyl (C=O) groups excluding carboxylic acids is 3. The molecule has 0 aliphatic carbocycles. The number of carbonyl (C=O) groups is 3. The quantitative estimate of drug-likeness (QED) is 0.861. The number of amides is 3. The first-order valence-electron chi connectivity index (χ1n) is 8.40. The molecule has 0 fully saturated rings. The molecule has 0 saturated carbocycles. The van der Waals surface area contributed by atoms with Crippen LogP contribution < -0.4 is 25.0 Å². The molecule has 2 aromatic rings. The molecule has 0 unspecified atom stereocenters. The molecular weight excluding hydrogens is 350 g/mol. The van der Waals surface area contributed by atoms with Crippen LogP contribution in [0.3, 0.4) is 0 Å². The van der Waals surface area contributed by atoms with Crippen molar-refractivity contribution in [3.63, 3.8) is 0 Å². The maximum absolute atomic E-state index is 12.5. The summed E-state index contributed by atoms with van der Waals surface area (Å²) < 4.78 is 10.8. The summed E-state index contributed by atoms with van der Waals surface area (Å²) in [5, 5.41) is 5.43. The lowest BCUT2D eigenvalue weighted by molar-refractivity contribution is -0.123. The average molecular weight is 367 g/mol. The van der Waals surface area contributed by atoms with Crippen molar-refractivity contribution in [1.29, 1.82) is 0 Å². The monoisotopic (exact) mass is 367 g/mol. The maximum Gasteiger partial charge on any atom is 0.265 e. The minimum atomic E-state index is -0.350. The van der Waals surface area contributed by atoms with Gasteiger partial charge in [-0.3, -0.25) is 19.3 Å². The topological polar surface area (TPSA) is 97.0 Å². The lowest BCUT2D eigenvalue weighted by Crippen LogP contribution is -2.43. The van der Waals surface area contributed by atoms with Crippen LogP contribution in [0.4, 0.5) is 17.1 Å². The largest absolute Gasteiger partial charge is 0.482 e. The van der Waals surface area contributed by atoms with Crippen LogP contribution in [0, 0.1) is 6.92 Å². The Labute approximate surface area is 155 Å². The molecule has 138 valence electrons. The fourth-order valence-electron chi connectivity index (χ4n) is 2.98. The SMILES string of the molecule is Cc1ccc2c(c1)N(CC(=O)Nc1ccc3c(c1)OCC(=O)N3)C(=O)CO2. The van der Waals surface area contributed by atoms with Crippen LogP contribution in [-0.4, -0.2) is 37.5 Å². The molecule has 2 aliphatic heterocycles. The third-order valence-electron chi connectivity index (χ3n) is 4.26. The molecule has 2 aliphatic rings. The van der Waals surface area contributed by atoms with Gasteiger partial charge in [0.25, 0.3) is 11.8 Å². The van der Waals surface area contributed by atoms with E-state index in [9.17, 15) is 14.4 Å². The molecule has 0 aromatic heterocycles. The number of nitrogens with zero attached hydrogens (tertiary/aromatic N) is 1. The van der Waals surface area contributed by atoms with Gasteiger partial charge in [0.05, 0.1) is 11.4 Å². The van der Waals surface area contributed by atoms with Crippen molar-refractivity contribution in [2.24, 2.45) is 0 Å². The van der Waals surface area contributed by atoms with Gasteiger partial charge in [-0.2, -0.15) is 0 Å². The van der Waals surface area contributed by atoms with Gasteiger partial charge in [-0.05, 0) is 36.8 Å². The van der Waals surface area contributed by atoms with E-state index in [1.54, 1.807) is 24.3 Å². The predicted molar refractivity (Wildman–Crippen MR) is 98.2 cm³/mol. The van der Waals surface area contributed by atoms with Crippen molar-refractivity contribution < 1.29 is 23.9 Å². The van der Waals surface area contributed by atoms with Crippen molar-refractivity contribution in [2.75, 3.05) is 35.3 Å². The van der Waals surface area contributed by atoms with E-state index in [0.717, 1.165) is 5.56 Å². The Bertz CT molecular complexity index is 956. The number of fused-ring (bicyclic) bond motifs is 2. The summed E-state index contributed by atoms with van der Waals surface area (Å²) >= 11 is 0. The van der Waals surface area contributed by atoms with E-state index in [2.05, 4.69) is 10.6 Å². The summed E-state index contributed by atoms with van der Waals surface area (Å²) in [6.45, 7) is 1.61. The molecule has 2 aromatic carbocycles. The Balaban J connectivity index is 1.49. The van der Waals surface area contributed by atoms with E-state index < -0.39 is 0 Å². The standard InChI is InChI=1S/C19H17N3O5/c1-11-2-5-15-14(6-11)22(19(25)10-27-15)8-17(23)20-12-3-4-13-16(7-12)26-9-18(24)21-13/h2-7H,8-10H2,1H3,(H,20,23)(H,21,24). The third kappa shape index (κ3) is 3.41. The van der Waals surface area contributed by atoms with Crippen LogP contribution in [-0.2, 0) is 14.4 Å². The summed E-state index contributed by atoms with van der Waals surface area (Å²) in [5.41, 5.74) is 2.61. The minimum Gasteiger partial charge on any atom is -0.482 e. The number of anilines is 3. The van der Waals surface area contributed by atoms with Crippen LogP contribution in [0.25, 0.3) is 0 Å². The highest BCUT2D eigenvalue weighted by atomic mass is 16.5. The highest BCUT2D eigenvalue weighted by molar-refractivity contribution is 6.05. The number of hydrogen-bond donors (Lipinski definition) is 2. The fourth-order valence-corrected chi connectivity index (χ4v) is 2.98. The summed E-state index contributed by atoms with van der Waals surface area (Å²) in [5.74, 6) is 0.207. The Morgan fingerprint density at radius 2 is 1.93 bits per heavy atom. The first-order valence-corrected chi connectivity index (χ1v) is 8.40. The highest BCUT2D eigenvalue weighted by Gasteiger charge is 2.27. The minimum absolute atomic E-state index is 0.0667. The summed E-state index contributed by atoms with van der Waals surface area (Å²) in [4.78, 5) is 37.4. The van der Waals surface area contributed by atoms with Crippen molar-refractivity contribution in [2.45, 2.75) is 6.92 Å². The number of rotatable bonds is 3. The van der Waals surface area contributed by atoms with Gasteiger partial charge in [0.1, 0.15) is 18.0 Å². The van der Waals surface area contributed by atoms with Gasteiger partial charge in [-0.15, -0.1) is 0 Å². The zero-order valence-electron chi connectivity index (χ0n) is 14.6. The predicted octanol–water partition coefficient (Wildman–Crippen LogP) is 1.69. The average Bonchev–Trinajstić information content (AvgIpc) is 2.64. The maximum atomic E-state index is 12.5. The Morgan fingerprint density at radius 1 is 1.11 bits per heavy atom. The van der Waals surface area contributed by atoms with Gasteiger partial charge in [0, 0.05) is 11.8 Å². The molecule has 4 rings (SSSR count). The number of ether oxygens (including phenoxy) is 2. The molecule has 2 N–H and O–H groups in total. The molecule has 0 bridgehead atoms. The van der Waals surface area contributed by atoms with Crippen LogP contribution in [0.5, 0.6) is 11.5 Å². The first-order chi connectivity index (χ1) is 13.0. The van der Waals surface area contributed by atoms with Crippen LogP contribution in [0.2, 0.25) is 0 Å². The molecule has 0 saturated heterocycles. The Kier molecular flexibility index (Phi) is 4.15. The third-order valence-corrected chi connectivity index (χ3v) is 4.26. The molecule has 3 amide bonds. The fraction of sp³-hybridized carbons (Fsp3) is 0.211. The van der Waals surface area contributed by atoms with Gasteiger partial charge in [-0.25, -0.2) is 0 Å². The molecule has 8 heteroatoms. The van der Waals surface area contributed by atoms with Crippen molar-refractivity contribution in [3.05, 3.63) is 42.0 Å². The van der Waals surface area contributed by atoms with Gasteiger partial charge in [-0.1, -0.05) is 6.07 Å². The molecule has 27 heavy (non-hydrogen) atoms. The van der Waals surface area contributed by atoms with Crippen LogP contribution in [0.15, 0.2) is 36.4 Å². The van der Waals surface area contributed by atoms with Gasteiger partial charge < -0.3 is 20.1 Å². The summed E-state index contributed by atoms with van der Waals surface area (Å²) in [6.07, 6.45) is 0. The molecular formula is C19H17N3O5. The van der Waals surface area contributed by atoms with E-state index in [1.807, 2.05) is 19.1 Å². The lowest BCUT2D eigenvalue weighted by atomic mass is 10.1. The second-order valence-corrected chi connectivity index (χ2v) is 6.34. The number of hydrogen-bond acceptors (Lipinski definition) is 5. The Hall–Kier alpha value is -3.55. The molecule has 0 radical (unpaired) electrons. The highest BCUT2D eigenvalue weighted by Crippen LogP contribution is 2.33. The van der Waals surface area contributed by atoms with E-state index in [4.69, 9.17) is 9.47 Å². The number of aryl methyl sites for hydroxylation is 1. The molecule has 8 nitrogen and oxygen atoms in total. The smallest absolute Gasteiger partial charge is 0.265 e. The zero-order chi connectivity index (χ0) is 19.0. The molecule has 0 spiro atoms. The van der Waals surface area contributed by atoms with Crippen molar-refractivity contribution >= 4 is 34.8 Å². The Morgan fingerprint density at radius 3 is 2.78 bits per heavy atom. The zero-order valence-corrected chi connectivity index (χ0v) is 14.6. The first kappa shape index (κ1) is 16.9.